The van der Waals surface area contributed by atoms with E-state index in [9.17, 15) is 14.7 Å². The number of carbonyl (C=O) groups is 2. The van der Waals surface area contributed by atoms with Crippen LogP contribution in [0.2, 0.25) is 5.02 Å². The van der Waals surface area contributed by atoms with Crippen molar-refractivity contribution in [3.63, 3.8) is 0 Å². The molecule has 0 bridgehead atoms. The van der Waals surface area contributed by atoms with Crippen LogP contribution in [-0.2, 0) is 11.2 Å². The number of aryl methyl sites for hydroxylation is 1. The van der Waals surface area contributed by atoms with Gasteiger partial charge in [-0.15, -0.1) is 11.8 Å². The summed E-state index contributed by atoms with van der Waals surface area (Å²) < 4.78 is 0. The van der Waals surface area contributed by atoms with Crippen LogP contribution in [0, 0.1) is 0 Å². The van der Waals surface area contributed by atoms with E-state index in [-0.39, 0.29) is 42.5 Å². The Morgan fingerprint density at radius 1 is 1.48 bits per heavy atom. The monoisotopic (exact) mass is 404 g/mol. The number of aromatic nitrogens is 2. The quantitative estimate of drug-likeness (QED) is 0.670. The molecule has 3 heterocycles. The van der Waals surface area contributed by atoms with Gasteiger partial charge in [-0.3, -0.25) is 14.7 Å². The Bertz CT molecular complexity index is 657. The highest BCUT2D eigenvalue weighted by atomic mass is 35.5. The number of amides is 2. The van der Waals surface area contributed by atoms with Crippen molar-refractivity contribution in [3.05, 3.63) is 16.4 Å². The van der Waals surface area contributed by atoms with Crippen LogP contribution in [0.5, 0.6) is 0 Å². The van der Waals surface area contributed by atoms with Gasteiger partial charge in [0.2, 0.25) is 5.91 Å². The van der Waals surface area contributed by atoms with Crippen LogP contribution >= 0.6 is 35.1 Å². The second-order valence-electron chi connectivity index (χ2n) is 6.24. The van der Waals surface area contributed by atoms with Gasteiger partial charge in [-0.05, 0) is 6.42 Å². The van der Waals surface area contributed by atoms with Gasteiger partial charge in [0, 0.05) is 30.3 Å². The topological polar surface area (TPSA) is 98.3 Å². The minimum Gasteiger partial charge on any atom is -0.394 e. The molecule has 2 saturated heterocycles. The smallest absolute Gasteiger partial charge is 0.276 e. The summed E-state index contributed by atoms with van der Waals surface area (Å²) >= 11 is 9.58. The molecule has 2 fully saturated rings. The first-order valence-electron chi connectivity index (χ1n) is 8.14. The molecule has 1 atom stereocenters. The fraction of sp³-hybridized carbons (Fsp3) is 0.667. The van der Waals surface area contributed by atoms with Gasteiger partial charge in [0.25, 0.3) is 5.91 Å². The molecule has 138 valence electrons. The van der Waals surface area contributed by atoms with Crippen LogP contribution in [0.4, 0.5) is 0 Å². The van der Waals surface area contributed by atoms with Crippen molar-refractivity contribution < 1.29 is 14.7 Å². The first kappa shape index (κ1) is 18.9. The Balaban J connectivity index is 1.60. The van der Waals surface area contributed by atoms with Gasteiger partial charge in [0.05, 0.1) is 28.1 Å². The van der Waals surface area contributed by atoms with Crippen LogP contribution in [0.3, 0.4) is 0 Å². The van der Waals surface area contributed by atoms with Gasteiger partial charge in [-0.1, -0.05) is 18.5 Å². The third-order valence-corrected chi connectivity index (χ3v) is 7.57. The summed E-state index contributed by atoms with van der Waals surface area (Å²) in [6, 6.07) is 0. The number of aromatic amines is 1. The molecule has 0 aliphatic carbocycles. The van der Waals surface area contributed by atoms with Crippen LogP contribution in [0.1, 0.15) is 23.1 Å². The molecular weight excluding hydrogens is 384 g/mol. The van der Waals surface area contributed by atoms with Gasteiger partial charge in [0.1, 0.15) is 0 Å². The molecule has 1 aromatic rings. The predicted molar refractivity (Wildman–Crippen MR) is 100 cm³/mol. The lowest BCUT2D eigenvalue weighted by Gasteiger charge is -2.49. The molecule has 2 aliphatic rings. The number of hydrogen-bond acceptors (Lipinski definition) is 6. The standard InChI is InChI=1S/C15H21ClN4O3S2/c1-2-9-11(16)12(19-18-9)14(23)20-6-15(7-20,8-21)17-13(22)10-5-24-3-4-25-10/h10,21H,2-8H2,1H3,(H,17,22)(H,18,19). The van der Waals surface area contributed by atoms with E-state index in [2.05, 4.69) is 15.5 Å². The van der Waals surface area contributed by atoms with Gasteiger partial charge in [0.15, 0.2) is 5.69 Å². The number of aliphatic hydroxyl groups excluding tert-OH is 1. The highest BCUT2D eigenvalue weighted by Crippen LogP contribution is 2.28. The van der Waals surface area contributed by atoms with Crippen LogP contribution in [0.15, 0.2) is 0 Å². The van der Waals surface area contributed by atoms with E-state index in [4.69, 9.17) is 11.6 Å². The number of hydrogen-bond donors (Lipinski definition) is 3. The van der Waals surface area contributed by atoms with E-state index >= 15 is 0 Å². The van der Waals surface area contributed by atoms with Gasteiger partial charge < -0.3 is 15.3 Å². The zero-order chi connectivity index (χ0) is 18.0. The number of nitrogens with zero attached hydrogens (tertiary/aromatic N) is 2. The van der Waals surface area contributed by atoms with Crippen molar-refractivity contribution >= 4 is 46.9 Å². The summed E-state index contributed by atoms with van der Waals surface area (Å²) in [5, 5.41) is 19.7. The average Bonchev–Trinajstić information content (AvgIpc) is 2.98. The Kier molecular flexibility index (Phi) is 5.87. The number of aliphatic hydroxyl groups is 1. The van der Waals surface area contributed by atoms with Crippen molar-refractivity contribution in [1.82, 2.24) is 20.4 Å². The maximum atomic E-state index is 12.5. The first-order valence-corrected chi connectivity index (χ1v) is 10.7. The summed E-state index contributed by atoms with van der Waals surface area (Å²) in [7, 11) is 0. The van der Waals surface area contributed by atoms with Crippen molar-refractivity contribution in [1.29, 1.82) is 0 Å². The zero-order valence-electron chi connectivity index (χ0n) is 13.9. The number of likely N-dealkylation sites (tertiary alicyclic amines) is 1. The van der Waals surface area contributed by atoms with E-state index in [1.54, 1.807) is 28.4 Å². The molecule has 2 amide bonds. The number of halogens is 1. The predicted octanol–water partition coefficient (Wildman–Crippen LogP) is 0.777. The minimum absolute atomic E-state index is 0.0654. The maximum absolute atomic E-state index is 12.5. The highest BCUT2D eigenvalue weighted by Gasteiger charge is 2.47. The molecule has 0 saturated carbocycles. The number of carbonyl (C=O) groups excluding carboxylic acids is 2. The number of rotatable bonds is 5. The molecule has 0 spiro atoms. The van der Waals surface area contributed by atoms with Gasteiger partial charge >= 0.3 is 0 Å². The molecular formula is C15H21ClN4O3S2. The molecule has 2 aliphatic heterocycles. The lowest BCUT2D eigenvalue weighted by atomic mass is 9.90. The largest absolute Gasteiger partial charge is 0.394 e. The lowest BCUT2D eigenvalue weighted by Crippen LogP contribution is -2.74. The molecule has 25 heavy (non-hydrogen) atoms. The summed E-state index contributed by atoms with van der Waals surface area (Å²) in [5.74, 6) is 2.44. The van der Waals surface area contributed by atoms with Crippen LogP contribution < -0.4 is 5.32 Å². The molecule has 7 nitrogen and oxygen atoms in total. The molecule has 3 rings (SSSR count). The average molecular weight is 405 g/mol. The van der Waals surface area contributed by atoms with Crippen LogP contribution in [-0.4, -0.2) is 79.8 Å². The molecule has 10 heteroatoms. The summed E-state index contributed by atoms with van der Waals surface area (Å²) in [5.41, 5.74) is 0.140. The number of H-pyrrole nitrogens is 1. The van der Waals surface area contributed by atoms with E-state index in [1.807, 2.05) is 6.92 Å². The molecule has 1 unspecified atom stereocenters. The Hall–Kier alpha value is -0.900. The van der Waals surface area contributed by atoms with Crippen molar-refractivity contribution in [2.45, 2.75) is 24.1 Å². The third-order valence-electron chi connectivity index (χ3n) is 4.41. The Morgan fingerprint density at radius 3 is 2.80 bits per heavy atom. The lowest BCUT2D eigenvalue weighted by molar-refractivity contribution is -0.125. The third kappa shape index (κ3) is 3.79. The maximum Gasteiger partial charge on any atom is 0.276 e. The van der Waals surface area contributed by atoms with Gasteiger partial charge in [-0.2, -0.15) is 16.9 Å². The summed E-state index contributed by atoms with van der Waals surface area (Å²) in [6.45, 7) is 2.22. The van der Waals surface area contributed by atoms with E-state index in [1.165, 1.54) is 0 Å². The second kappa shape index (κ2) is 7.77. The van der Waals surface area contributed by atoms with Gasteiger partial charge in [-0.25, -0.2) is 0 Å². The number of thioether (sulfide) groups is 2. The summed E-state index contributed by atoms with van der Waals surface area (Å²) in [6.07, 6.45) is 0.660. The fourth-order valence-corrected chi connectivity index (χ4v) is 5.77. The summed E-state index contributed by atoms with van der Waals surface area (Å²) in [4.78, 5) is 26.5. The first-order chi connectivity index (χ1) is 12.0. The molecule has 1 aromatic heterocycles. The minimum atomic E-state index is -0.772. The Morgan fingerprint density at radius 2 is 2.24 bits per heavy atom. The van der Waals surface area contributed by atoms with Crippen molar-refractivity contribution in [2.75, 3.05) is 37.0 Å². The fourth-order valence-electron chi connectivity index (χ4n) is 2.92. The normalized spacial score (nSPS) is 22.4. The van der Waals surface area contributed by atoms with Crippen molar-refractivity contribution in [2.24, 2.45) is 0 Å². The second-order valence-corrected chi connectivity index (χ2v) is 9.08. The Labute approximate surface area is 159 Å². The SMILES string of the molecule is CCc1[nH]nc(C(=O)N2CC(CO)(NC(=O)C3CSCCS3)C2)c1Cl. The van der Waals surface area contributed by atoms with E-state index in [0.29, 0.717) is 11.4 Å². The van der Waals surface area contributed by atoms with E-state index < -0.39 is 5.54 Å². The highest BCUT2D eigenvalue weighted by molar-refractivity contribution is 8.07. The number of nitrogens with one attached hydrogen (secondary N) is 2. The van der Waals surface area contributed by atoms with Crippen LogP contribution in [0.25, 0.3) is 0 Å². The molecule has 0 radical (unpaired) electrons. The van der Waals surface area contributed by atoms with E-state index in [0.717, 1.165) is 23.0 Å². The van der Waals surface area contributed by atoms with Crippen molar-refractivity contribution in [3.8, 4) is 0 Å². The zero-order valence-corrected chi connectivity index (χ0v) is 16.3. The molecule has 3 N–H and O–H groups in total. The molecule has 0 aromatic carbocycles.